The van der Waals surface area contributed by atoms with Crippen LogP contribution >= 0.6 is 0 Å². The molecule has 2 amide bonds. The lowest BCUT2D eigenvalue weighted by Crippen LogP contribution is -2.66. The van der Waals surface area contributed by atoms with Crippen LogP contribution in [-0.4, -0.2) is 39.9 Å². The minimum Gasteiger partial charge on any atom is -0.481 e. The van der Waals surface area contributed by atoms with Crippen molar-refractivity contribution in [2.75, 3.05) is 6.54 Å². The second-order valence-electron chi connectivity index (χ2n) is 6.99. The number of carboxylic acid groups (broad SMARTS) is 1. The fourth-order valence-corrected chi connectivity index (χ4v) is 4.93. The lowest BCUT2D eigenvalue weighted by atomic mass is 9.51. The molecule has 4 fully saturated rings. The van der Waals surface area contributed by atoms with E-state index in [1.54, 1.807) is 0 Å². The number of carboxylic acids is 1. The van der Waals surface area contributed by atoms with E-state index in [9.17, 15) is 14.7 Å². The van der Waals surface area contributed by atoms with E-state index in [4.69, 9.17) is 5.11 Å². The Morgan fingerprint density at radius 1 is 1.15 bits per heavy atom. The highest BCUT2D eigenvalue weighted by molar-refractivity contribution is 5.76. The molecular formula is C14H22N2O4. The number of hydrogen-bond donors (Lipinski definition) is 4. The fourth-order valence-electron chi connectivity index (χ4n) is 4.93. The summed E-state index contributed by atoms with van der Waals surface area (Å²) in [5.41, 5.74) is -0.884. The summed E-state index contributed by atoms with van der Waals surface area (Å²) in [4.78, 5) is 22.3. The zero-order valence-electron chi connectivity index (χ0n) is 11.5. The Morgan fingerprint density at radius 2 is 1.80 bits per heavy atom. The van der Waals surface area contributed by atoms with Gasteiger partial charge in [0.25, 0.3) is 0 Å². The van der Waals surface area contributed by atoms with Crippen LogP contribution in [0, 0.1) is 11.8 Å². The standard InChI is InChI=1S/C14H22N2O4/c17-11(18)1-2-15-12(19)16-13-4-9-3-10(5-13)7-14(20,6-9)8-13/h9-10,20H,1-8H2,(H,17,18)(H2,15,16,19). The molecule has 4 aliphatic carbocycles. The molecule has 6 heteroatoms. The average molecular weight is 282 g/mol. The van der Waals surface area contributed by atoms with Crippen LogP contribution in [0.3, 0.4) is 0 Å². The lowest BCUT2D eigenvalue weighted by molar-refractivity contribution is -0.139. The Hall–Kier alpha value is -1.30. The minimum atomic E-state index is -0.922. The van der Waals surface area contributed by atoms with Crippen LogP contribution in [0.4, 0.5) is 4.79 Å². The predicted molar refractivity (Wildman–Crippen MR) is 71.2 cm³/mol. The summed E-state index contributed by atoms with van der Waals surface area (Å²) in [6.07, 6.45) is 5.36. The lowest BCUT2D eigenvalue weighted by Gasteiger charge is -2.60. The number of carbonyl (C=O) groups excluding carboxylic acids is 1. The Balaban J connectivity index is 1.59. The molecule has 6 nitrogen and oxygen atoms in total. The van der Waals surface area contributed by atoms with Crippen LogP contribution in [0.2, 0.25) is 0 Å². The first-order valence-electron chi connectivity index (χ1n) is 7.38. The van der Waals surface area contributed by atoms with Crippen molar-refractivity contribution in [1.82, 2.24) is 10.6 Å². The Labute approximate surface area is 117 Å². The van der Waals surface area contributed by atoms with Crippen LogP contribution in [0.25, 0.3) is 0 Å². The summed E-state index contributed by atoms with van der Waals surface area (Å²) in [7, 11) is 0. The van der Waals surface area contributed by atoms with Gasteiger partial charge in [0, 0.05) is 12.1 Å². The predicted octanol–water partition coefficient (Wildman–Crippen LogP) is 0.844. The number of nitrogens with one attached hydrogen (secondary N) is 2. The van der Waals surface area contributed by atoms with Crippen molar-refractivity contribution in [2.45, 2.75) is 56.1 Å². The number of aliphatic hydroxyl groups is 1. The largest absolute Gasteiger partial charge is 0.481 e. The van der Waals surface area contributed by atoms with Crippen LogP contribution in [-0.2, 0) is 4.79 Å². The highest BCUT2D eigenvalue weighted by atomic mass is 16.4. The molecule has 20 heavy (non-hydrogen) atoms. The van der Waals surface area contributed by atoms with Crippen molar-refractivity contribution >= 4 is 12.0 Å². The van der Waals surface area contributed by atoms with Gasteiger partial charge in [0.2, 0.25) is 0 Å². The van der Waals surface area contributed by atoms with E-state index in [0.29, 0.717) is 18.3 Å². The van der Waals surface area contributed by atoms with Gasteiger partial charge in [0.15, 0.2) is 0 Å². The third-order valence-corrected chi connectivity index (χ3v) is 5.03. The topological polar surface area (TPSA) is 98.7 Å². The van der Waals surface area contributed by atoms with Crippen LogP contribution in [0.15, 0.2) is 0 Å². The Kier molecular flexibility index (Phi) is 3.16. The first kappa shape index (κ1) is 13.7. The molecule has 4 saturated carbocycles. The first-order chi connectivity index (χ1) is 9.38. The van der Waals surface area contributed by atoms with Crippen molar-refractivity contribution in [3.8, 4) is 0 Å². The number of rotatable bonds is 4. The molecule has 0 aromatic heterocycles. The molecule has 4 N–H and O–H groups in total. The van der Waals surface area contributed by atoms with Gasteiger partial charge >= 0.3 is 12.0 Å². The molecule has 4 aliphatic rings. The maximum atomic E-state index is 11.9. The van der Waals surface area contributed by atoms with E-state index in [-0.39, 0.29) is 24.5 Å². The summed E-state index contributed by atoms with van der Waals surface area (Å²) >= 11 is 0. The number of aliphatic carboxylic acids is 1. The first-order valence-corrected chi connectivity index (χ1v) is 7.38. The quantitative estimate of drug-likeness (QED) is 0.614. The summed E-state index contributed by atoms with van der Waals surface area (Å²) in [5, 5.41) is 24.7. The van der Waals surface area contributed by atoms with Crippen molar-refractivity contribution in [2.24, 2.45) is 11.8 Å². The van der Waals surface area contributed by atoms with E-state index in [1.165, 1.54) is 6.42 Å². The molecule has 4 bridgehead atoms. The van der Waals surface area contributed by atoms with Gasteiger partial charge in [-0.05, 0) is 50.4 Å². The van der Waals surface area contributed by atoms with Gasteiger partial charge in [-0.25, -0.2) is 4.79 Å². The van der Waals surface area contributed by atoms with Crippen molar-refractivity contribution in [3.63, 3.8) is 0 Å². The molecule has 0 aromatic rings. The molecule has 2 atom stereocenters. The molecule has 4 rings (SSSR count). The molecular weight excluding hydrogens is 260 g/mol. The van der Waals surface area contributed by atoms with Crippen LogP contribution < -0.4 is 10.6 Å². The van der Waals surface area contributed by atoms with Gasteiger partial charge in [0.1, 0.15) is 0 Å². The normalized spacial score (nSPS) is 41.5. The van der Waals surface area contributed by atoms with Crippen LogP contribution in [0.1, 0.15) is 44.9 Å². The maximum absolute atomic E-state index is 11.9. The van der Waals surface area contributed by atoms with Crippen LogP contribution in [0.5, 0.6) is 0 Å². The van der Waals surface area contributed by atoms with Crippen molar-refractivity contribution in [1.29, 1.82) is 0 Å². The molecule has 0 heterocycles. The summed E-state index contributed by atoms with van der Waals surface area (Å²) in [6, 6.07) is -0.309. The van der Waals surface area contributed by atoms with Gasteiger partial charge < -0.3 is 20.8 Å². The third-order valence-electron chi connectivity index (χ3n) is 5.03. The Morgan fingerprint density at radius 3 is 2.35 bits per heavy atom. The monoisotopic (exact) mass is 282 g/mol. The second kappa shape index (κ2) is 4.62. The zero-order valence-corrected chi connectivity index (χ0v) is 11.5. The van der Waals surface area contributed by atoms with Crippen molar-refractivity contribution in [3.05, 3.63) is 0 Å². The number of urea groups is 1. The SMILES string of the molecule is O=C(O)CCNC(=O)NC12CC3CC(CC(O)(C3)C1)C2. The number of carbonyl (C=O) groups is 2. The van der Waals surface area contributed by atoms with Gasteiger partial charge in [-0.1, -0.05) is 0 Å². The fraction of sp³-hybridized carbons (Fsp3) is 0.857. The van der Waals surface area contributed by atoms with E-state index < -0.39 is 11.6 Å². The summed E-state index contributed by atoms with van der Waals surface area (Å²) in [5.74, 6) is 0.107. The molecule has 112 valence electrons. The van der Waals surface area contributed by atoms with E-state index in [0.717, 1.165) is 25.7 Å². The van der Waals surface area contributed by atoms with E-state index in [2.05, 4.69) is 10.6 Å². The summed E-state index contributed by atoms with van der Waals surface area (Å²) < 4.78 is 0. The Bertz CT molecular complexity index is 423. The molecule has 2 unspecified atom stereocenters. The third kappa shape index (κ3) is 2.61. The van der Waals surface area contributed by atoms with E-state index >= 15 is 0 Å². The van der Waals surface area contributed by atoms with E-state index in [1.807, 2.05) is 0 Å². The molecule has 0 saturated heterocycles. The van der Waals surface area contributed by atoms with Gasteiger partial charge in [-0.3, -0.25) is 4.79 Å². The number of hydrogen-bond acceptors (Lipinski definition) is 3. The maximum Gasteiger partial charge on any atom is 0.315 e. The molecule has 0 spiro atoms. The second-order valence-corrected chi connectivity index (χ2v) is 6.99. The van der Waals surface area contributed by atoms with Gasteiger partial charge in [0.05, 0.1) is 12.0 Å². The number of amides is 2. The molecule has 0 radical (unpaired) electrons. The minimum absolute atomic E-state index is 0.0738. The zero-order chi connectivity index (χ0) is 14.4. The highest BCUT2D eigenvalue weighted by Crippen LogP contribution is 2.57. The molecule has 0 aliphatic heterocycles. The highest BCUT2D eigenvalue weighted by Gasteiger charge is 2.57. The smallest absolute Gasteiger partial charge is 0.315 e. The van der Waals surface area contributed by atoms with Gasteiger partial charge in [-0.15, -0.1) is 0 Å². The molecule has 0 aromatic carbocycles. The van der Waals surface area contributed by atoms with Gasteiger partial charge in [-0.2, -0.15) is 0 Å². The average Bonchev–Trinajstić information content (AvgIpc) is 2.23. The van der Waals surface area contributed by atoms with Crippen molar-refractivity contribution < 1.29 is 19.8 Å². The summed E-state index contributed by atoms with van der Waals surface area (Å²) in [6.45, 7) is 0.133.